The van der Waals surface area contributed by atoms with Crippen LogP contribution in [0.4, 0.5) is 0 Å². The standard InChI is InChI=1S/C20H33N3O3.HI/c1-4-21-20(23(2)12-9-16-10-13-26-14-11-16)22-15-19(24)17-5-7-18(25-3)8-6-17;/h5-8,16,19,24H,4,9-15H2,1-3H3,(H,21,22);1H. The fourth-order valence-electron chi connectivity index (χ4n) is 3.09. The van der Waals surface area contributed by atoms with Crippen LogP contribution >= 0.6 is 24.0 Å². The van der Waals surface area contributed by atoms with Crippen molar-refractivity contribution in [3.8, 4) is 5.75 Å². The summed E-state index contributed by atoms with van der Waals surface area (Å²) in [7, 11) is 3.69. The molecule has 0 spiro atoms. The smallest absolute Gasteiger partial charge is 0.193 e. The van der Waals surface area contributed by atoms with E-state index < -0.39 is 6.10 Å². The van der Waals surface area contributed by atoms with Crippen LogP contribution in [0, 0.1) is 5.92 Å². The topological polar surface area (TPSA) is 66.3 Å². The van der Waals surface area contributed by atoms with E-state index in [0.717, 1.165) is 68.8 Å². The Balaban J connectivity index is 0.00000364. The van der Waals surface area contributed by atoms with Gasteiger partial charge in [0.1, 0.15) is 5.75 Å². The van der Waals surface area contributed by atoms with Gasteiger partial charge in [0.05, 0.1) is 19.8 Å². The number of hydrogen-bond donors (Lipinski definition) is 2. The molecular weight excluding hydrogens is 457 g/mol. The molecule has 27 heavy (non-hydrogen) atoms. The van der Waals surface area contributed by atoms with Gasteiger partial charge in [-0.05, 0) is 49.8 Å². The van der Waals surface area contributed by atoms with Gasteiger partial charge in [0.2, 0.25) is 0 Å². The van der Waals surface area contributed by atoms with E-state index in [2.05, 4.69) is 29.2 Å². The lowest BCUT2D eigenvalue weighted by Crippen LogP contribution is -2.40. The van der Waals surface area contributed by atoms with Crippen molar-refractivity contribution in [1.29, 1.82) is 0 Å². The number of aliphatic imine (C=N–C) groups is 1. The average molecular weight is 491 g/mol. The number of aliphatic hydroxyl groups excluding tert-OH is 1. The molecule has 1 saturated heterocycles. The third-order valence-electron chi connectivity index (χ3n) is 4.82. The molecule has 1 fully saturated rings. The van der Waals surface area contributed by atoms with Crippen LogP contribution in [0.2, 0.25) is 0 Å². The summed E-state index contributed by atoms with van der Waals surface area (Å²) in [6, 6.07) is 7.46. The van der Waals surface area contributed by atoms with Crippen molar-refractivity contribution in [2.24, 2.45) is 10.9 Å². The summed E-state index contributed by atoms with van der Waals surface area (Å²) in [5, 5.41) is 13.7. The van der Waals surface area contributed by atoms with Crippen molar-refractivity contribution in [2.45, 2.75) is 32.3 Å². The molecule has 7 heteroatoms. The number of nitrogens with one attached hydrogen (secondary N) is 1. The fourth-order valence-corrected chi connectivity index (χ4v) is 3.09. The highest BCUT2D eigenvalue weighted by molar-refractivity contribution is 14.0. The zero-order valence-corrected chi connectivity index (χ0v) is 19.0. The molecular formula is C20H34IN3O3. The monoisotopic (exact) mass is 491 g/mol. The number of hydrogen-bond acceptors (Lipinski definition) is 4. The van der Waals surface area contributed by atoms with Gasteiger partial charge in [-0.15, -0.1) is 24.0 Å². The van der Waals surface area contributed by atoms with Crippen LogP contribution in [0.5, 0.6) is 5.75 Å². The number of aliphatic hydroxyl groups is 1. The molecule has 2 rings (SSSR count). The third kappa shape index (κ3) is 8.23. The Bertz CT molecular complexity index is 548. The molecule has 2 N–H and O–H groups in total. The minimum Gasteiger partial charge on any atom is -0.497 e. The molecule has 6 nitrogen and oxygen atoms in total. The van der Waals surface area contributed by atoms with Crippen molar-refractivity contribution in [3.63, 3.8) is 0 Å². The van der Waals surface area contributed by atoms with Gasteiger partial charge in [-0.2, -0.15) is 0 Å². The number of nitrogens with zero attached hydrogens (tertiary/aromatic N) is 2. The van der Waals surface area contributed by atoms with Crippen molar-refractivity contribution >= 4 is 29.9 Å². The van der Waals surface area contributed by atoms with Crippen LogP contribution in [-0.2, 0) is 4.74 Å². The maximum absolute atomic E-state index is 10.4. The Morgan fingerprint density at radius 1 is 1.33 bits per heavy atom. The molecule has 1 aliphatic rings. The Morgan fingerprint density at radius 2 is 2.00 bits per heavy atom. The molecule has 0 radical (unpaired) electrons. The normalized spacial score (nSPS) is 16.4. The largest absolute Gasteiger partial charge is 0.497 e. The van der Waals surface area contributed by atoms with Crippen molar-refractivity contribution < 1.29 is 14.6 Å². The molecule has 1 atom stereocenters. The summed E-state index contributed by atoms with van der Waals surface area (Å²) in [5.41, 5.74) is 0.843. The lowest BCUT2D eigenvalue weighted by atomic mass is 9.96. The second kappa shape index (κ2) is 13.2. The molecule has 1 aromatic rings. The molecule has 0 amide bonds. The van der Waals surface area contributed by atoms with Crippen LogP contribution in [0.15, 0.2) is 29.3 Å². The maximum Gasteiger partial charge on any atom is 0.193 e. The molecule has 1 aliphatic heterocycles. The first-order valence-electron chi connectivity index (χ1n) is 9.53. The van der Waals surface area contributed by atoms with Gasteiger partial charge in [0.25, 0.3) is 0 Å². The van der Waals surface area contributed by atoms with Gasteiger partial charge >= 0.3 is 0 Å². The number of guanidine groups is 1. The van der Waals surface area contributed by atoms with Crippen LogP contribution in [0.1, 0.15) is 37.9 Å². The highest BCUT2D eigenvalue weighted by Crippen LogP contribution is 2.19. The Morgan fingerprint density at radius 3 is 2.59 bits per heavy atom. The summed E-state index contributed by atoms with van der Waals surface area (Å²) in [4.78, 5) is 6.77. The molecule has 1 heterocycles. The van der Waals surface area contributed by atoms with E-state index >= 15 is 0 Å². The molecule has 0 aromatic heterocycles. The summed E-state index contributed by atoms with van der Waals surface area (Å²) in [5.74, 6) is 2.36. The minimum atomic E-state index is -0.626. The predicted molar refractivity (Wildman–Crippen MR) is 120 cm³/mol. The number of ether oxygens (including phenoxy) is 2. The number of methoxy groups -OCH3 is 1. The molecule has 0 aliphatic carbocycles. The number of rotatable bonds is 8. The van der Waals surface area contributed by atoms with Crippen LogP contribution in [0.3, 0.4) is 0 Å². The first-order chi connectivity index (χ1) is 12.6. The Hall–Kier alpha value is -1.06. The quantitative estimate of drug-likeness (QED) is 0.333. The van der Waals surface area contributed by atoms with Gasteiger partial charge in [-0.3, -0.25) is 4.99 Å². The van der Waals surface area contributed by atoms with E-state index in [1.807, 2.05) is 24.3 Å². The average Bonchev–Trinajstić information content (AvgIpc) is 2.70. The summed E-state index contributed by atoms with van der Waals surface area (Å²) >= 11 is 0. The lowest BCUT2D eigenvalue weighted by Gasteiger charge is -2.27. The summed E-state index contributed by atoms with van der Waals surface area (Å²) in [6.45, 7) is 5.92. The second-order valence-electron chi connectivity index (χ2n) is 6.75. The Kier molecular flexibility index (Phi) is 11.7. The molecule has 154 valence electrons. The van der Waals surface area contributed by atoms with Crippen LogP contribution in [0.25, 0.3) is 0 Å². The summed E-state index contributed by atoms with van der Waals surface area (Å²) in [6.07, 6.45) is 2.82. The van der Waals surface area contributed by atoms with E-state index in [1.54, 1.807) is 7.11 Å². The van der Waals surface area contributed by atoms with E-state index in [-0.39, 0.29) is 24.0 Å². The van der Waals surface area contributed by atoms with Gasteiger partial charge < -0.3 is 24.8 Å². The molecule has 1 aromatic carbocycles. The van der Waals surface area contributed by atoms with Crippen LogP contribution < -0.4 is 10.1 Å². The van der Waals surface area contributed by atoms with E-state index in [1.165, 1.54) is 0 Å². The Labute approximate surface area is 180 Å². The van der Waals surface area contributed by atoms with E-state index in [0.29, 0.717) is 6.54 Å². The SMILES string of the molecule is CCNC(=NCC(O)c1ccc(OC)cc1)N(C)CCC1CCOCC1.I. The van der Waals surface area contributed by atoms with Crippen molar-refractivity contribution in [3.05, 3.63) is 29.8 Å². The zero-order valence-electron chi connectivity index (χ0n) is 16.7. The van der Waals surface area contributed by atoms with E-state index in [4.69, 9.17) is 9.47 Å². The molecule has 0 saturated carbocycles. The molecule has 1 unspecified atom stereocenters. The third-order valence-corrected chi connectivity index (χ3v) is 4.82. The van der Waals surface area contributed by atoms with Crippen molar-refractivity contribution in [1.82, 2.24) is 10.2 Å². The molecule has 0 bridgehead atoms. The minimum absolute atomic E-state index is 0. The maximum atomic E-state index is 10.4. The van der Waals surface area contributed by atoms with E-state index in [9.17, 15) is 5.11 Å². The first-order valence-corrected chi connectivity index (χ1v) is 9.53. The number of benzene rings is 1. The predicted octanol–water partition coefficient (Wildman–Crippen LogP) is 3.06. The van der Waals surface area contributed by atoms with Gasteiger partial charge in [-0.1, -0.05) is 12.1 Å². The fraction of sp³-hybridized carbons (Fsp3) is 0.650. The van der Waals surface area contributed by atoms with Gasteiger partial charge in [0, 0.05) is 33.4 Å². The highest BCUT2D eigenvalue weighted by Gasteiger charge is 2.16. The second-order valence-corrected chi connectivity index (χ2v) is 6.75. The van der Waals surface area contributed by atoms with Gasteiger partial charge in [-0.25, -0.2) is 0 Å². The van der Waals surface area contributed by atoms with Gasteiger partial charge in [0.15, 0.2) is 5.96 Å². The lowest BCUT2D eigenvalue weighted by molar-refractivity contribution is 0.0625. The van der Waals surface area contributed by atoms with Crippen molar-refractivity contribution in [2.75, 3.05) is 47.0 Å². The highest BCUT2D eigenvalue weighted by atomic mass is 127. The zero-order chi connectivity index (χ0) is 18.8. The summed E-state index contributed by atoms with van der Waals surface area (Å²) < 4.78 is 10.6. The number of halogens is 1. The van der Waals surface area contributed by atoms with Crippen LogP contribution in [-0.4, -0.2) is 63.0 Å². The first kappa shape index (κ1) is 24.0.